The number of morpholine rings is 1. The van der Waals surface area contributed by atoms with Crippen LogP contribution in [0.5, 0.6) is 0 Å². The maximum atomic E-state index is 6.19. The van der Waals surface area contributed by atoms with E-state index in [1.807, 2.05) is 0 Å². The van der Waals surface area contributed by atoms with Crippen LogP contribution in [0, 0.1) is 0 Å². The summed E-state index contributed by atoms with van der Waals surface area (Å²) in [5, 5.41) is 0.326. The van der Waals surface area contributed by atoms with Crippen molar-refractivity contribution in [3.63, 3.8) is 0 Å². The van der Waals surface area contributed by atoms with Crippen molar-refractivity contribution in [2.75, 3.05) is 58.4 Å². The van der Waals surface area contributed by atoms with E-state index in [4.69, 9.17) is 16.3 Å². The third kappa shape index (κ3) is 3.75. The number of likely N-dealkylation sites (tertiary alicyclic amines) is 1. The van der Waals surface area contributed by atoms with Gasteiger partial charge in [-0.2, -0.15) is 4.98 Å². The molecular formula is C17H24ClN5OS. The number of fused-ring (bicyclic) bond motifs is 1. The molecule has 4 rings (SSSR count). The highest BCUT2D eigenvalue weighted by atomic mass is 35.5. The molecule has 25 heavy (non-hydrogen) atoms. The van der Waals surface area contributed by atoms with Gasteiger partial charge in [-0.3, -0.25) is 4.90 Å². The molecule has 2 aromatic rings. The zero-order chi connectivity index (χ0) is 17.4. The number of nitrogens with zero attached hydrogens (tertiary/aromatic N) is 5. The lowest BCUT2D eigenvalue weighted by Crippen LogP contribution is -2.36. The zero-order valence-corrected chi connectivity index (χ0v) is 16.3. The highest BCUT2D eigenvalue weighted by Gasteiger charge is 2.25. The number of hydrogen-bond acceptors (Lipinski definition) is 7. The van der Waals surface area contributed by atoms with Crippen LogP contribution >= 0.6 is 22.9 Å². The van der Waals surface area contributed by atoms with E-state index >= 15 is 0 Å². The molecule has 1 unspecified atom stereocenters. The van der Waals surface area contributed by atoms with Gasteiger partial charge in [0.25, 0.3) is 0 Å². The van der Waals surface area contributed by atoms with Gasteiger partial charge >= 0.3 is 0 Å². The molecule has 0 spiro atoms. The molecule has 2 saturated heterocycles. The maximum Gasteiger partial charge on any atom is 0.224 e. The van der Waals surface area contributed by atoms with Crippen LogP contribution in [-0.4, -0.2) is 79.3 Å². The number of likely N-dealkylation sites (N-methyl/N-ethyl adjacent to an activating group) is 1. The Morgan fingerprint density at radius 3 is 2.80 bits per heavy atom. The van der Waals surface area contributed by atoms with Gasteiger partial charge in [0.1, 0.15) is 0 Å². The number of thiophene rings is 1. The highest BCUT2D eigenvalue weighted by molar-refractivity contribution is 7.19. The largest absolute Gasteiger partial charge is 0.378 e. The summed E-state index contributed by atoms with van der Waals surface area (Å²) in [5.74, 6) is 0.960. The molecule has 0 N–H and O–H groups in total. The first-order valence-electron chi connectivity index (χ1n) is 8.77. The SMILES string of the molecule is CN(C)C1CCN(Cc2cc3nc(Cl)nc(N4CCOCC4)c3s2)C1. The van der Waals surface area contributed by atoms with E-state index in [2.05, 4.69) is 44.8 Å². The first-order chi connectivity index (χ1) is 12.1. The molecule has 0 amide bonds. The van der Waals surface area contributed by atoms with E-state index in [0.29, 0.717) is 11.3 Å². The number of aromatic nitrogens is 2. The minimum Gasteiger partial charge on any atom is -0.378 e. The Kier molecular flexibility index (Phi) is 5.11. The number of rotatable bonds is 4. The van der Waals surface area contributed by atoms with E-state index in [-0.39, 0.29) is 0 Å². The van der Waals surface area contributed by atoms with E-state index in [9.17, 15) is 0 Å². The summed E-state index contributed by atoms with van der Waals surface area (Å²) in [7, 11) is 4.33. The lowest BCUT2D eigenvalue weighted by molar-refractivity contribution is 0.122. The summed E-state index contributed by atoms with van der Waals surface area (Å²) >= 11 is 7.99. The minimum atomic E-state index is 0.326. The van der Waals surface area contributed by atoms with Gasteiger partial charge in [-0.1, -0.05) is 0 Å². The summed E-state index contributed by atoms with van der Waals surface area (Å²) in [6.45, 7) is 6.44. The van der Waals surface area contributed by atoms with Gasteiger partial charge < -0.3 is 14.5 Å². The Balaban J connectivity index is 1.57. The molecule has 6 nitrogen and oxygen atoms in total. The third-order valence-corrected chi connectivity index (χ3v) is 6.32. The number of halogens is 1. The first kappa shape index (κ1) is 17.4. The van der Waals surface area contributed by atoms with Gasteiger partial charge in [0, 0.05) is 43.6 Å². The van der Waals surface area contributed by atoms with Crippen molar-refractivity contribution < 1.29 is 4.74 Å². The van der Waals surface area contributed by atoms with Gasteiger partial charge in [0.15, 0.2) is 5.82 Å². The monoisotopic (exact) mass is 381 g/mol. The fourth-order valence-electron chi connectivity index (χ4n) is 3.60. The maximum absolute atomic E-state index is 6.19. The average Bonchev–Trinajstić information content (AvgIpc) is 3.22. The van der Waals surface area contributed by atoms with E-state index in [1.165, 1.54) is 11.3 Å². The molecule has 2 fully saturated rings. The normalized spacial score (nSPS) is 22.4. The van der Waals surface area contributed by atoms with Crippen molar-refractivity contribution in [3.05, 3.63) is 16.2 Å². The van der Waals surface area contributed by atoms with Crippen LogP contribution in [-0.2, 0) is 11.3 Å². The van der Waals surface area contributed by atoms with Crippen LogP contribution < -0.4 is 4.90 Å². The molecule has 2 aromatic heterocycles. The van der Waals surface area contributed by atoms with Crippen LogP contribution in [0.3, 0.4) is 0 Å². The molecule has 0 aliphatic carbocycles. The molecule has 136 valence electrons. The lowest BCUT2D eigenvalue weighted by Gasteiger charge is -2.28. The number of anilines is 1. The van der Waals surface area contributed by atoms with Crippen molar-refractivity contribution in [1.29, 1.82) is 0 Å². The predicted molar refractivity (Wildman–Crippen MR) is 103 cm³/mol. The van der Waals surface area contributed by atoms with Crippen molar-refractivity contribution >= 4 is 39.0 Å². The molecule has 0 bridgehead atoms. The van der Waals surface area contributed by atoms with E-state index in [1.54, 1.807) is 11.3 Å². The standard InChI is InChI=1S/C17H24ClN5OS/c1-21(2)12-3-4-22(10-12)11-13-9-14-15(25-13)16(20-17(18)19-14)23-5-7-24-8-6-23/h9,12H,3-8,10-11H2,1-2H3. The molecule has 8 heteroatoms. The van der Waals surface area contributed by atoms with Crippen molar-refractivity contribution in [2.24, 2.45) is 0 Å². The van der Waals surface area contributed by atoms with Crippen molar-refractivity contribution in [2.45, 2.75) is 19.0 Å². The Bertz CT molecular complexity index is 746. The van der Waals surface area contributed by atoms with Crippen molar-refractivity contribution in [1.82, 2.24) is 19.8 Å². The number of ether oxygens (including phenoxy) is 1. The Morgan fingerprint density at radius 1 is 1.28 bits per heavy atom. The Hall–Kier alpha value is -0.990. The molecule has 2 aliphatic heterocycles. The van der Waals surface area contributed by atoms with Gasteiger partial charge in [-0.05, 0) is 38.2 Å². The Labute approximate surface area is 157 Å². The quantitative estimate of drug-likeness (QED) is 0.757. The fourth-order valence-corrected chi connectivity index (χ4v) is 4.93. The van der Waals surface area contributed by atoms with Gasteiger partial charge in [-0.25, -0.2) is 4.98 Å². The molecular weight excluding hydrogens is 358 g/mol. The van der Waals surface area contributed by atoms with Gasteiger partial charge in [0.2, 0.25) is 5.28 Å². The number of hydrogen-bond donors (Lipinski definition) is 0. The summed E-state index contributed by atoms with van der Waals surface area (Å²) in [6, 6.07) is 2.84. The van der Waals surface area contributed by atoms with Crippen LogP contribution in [0.15, 0.2) is 6.07 Å². The second-order valence-corrected chi connectivity index (χ2v) is 8.46. The topological polar surface area (TPSA) is 44.7 Å². The molecule has 2 aliphatic rings. The lowest BCUT2D eigenvalue weighted by atomic mass is 10.2. The zero-order valence-electron chi connectivity index (χ0n) is 14.7. The van der Waals surface area contributed by atoms with Gasteiger partial charge in [-0.15, -0.1) is 11.3 Å². The summed E-state index contributed by atoms with van der Waals surface area (Å²) in [5.41, 5.74) is 0.963. The van der Waals surface area contributed by atoms with Crippen LogP contribution in [0.1, 0.15) is 11.3 Å². The van der Waals surface area contributed by atoms with Crippen LogP contribution in [0.2, 0.25) is 5.28 Å². The summed E-state index contributed by atoms with van der Waals surface area (Å²) in [6.07, 6.45) is 1.24. The average molecular weight is 382 g/mol. The smallest absolute Gasteiger partial charge is 0.224 e. The van der Waals surface area contributed by atoms with E-state index in [0.717, 1.165) is 62.0 Å². The highest BCUT2D eigenvalue weighted by Crippen LogP contribution is 2.34. The predicted octanol–water partition coefficient (Wildman–Crippen LogP) is 2.32. The molecule has 0 aromatic carbocycles. The van der Waals surface area contributed by atoms with Gasteiger partial charge in [0.05, 0.1) is 23.4 Å². The summed E-state index contributed by atoms with van der Waals surface area (Å²) in [4.78, 5) is 17.4. The van der Waals surface area contributed by atoms with E-state index < -0.39 is 0 Å². The second kappa shape index (κ2) is 7.32. The minimum absolute atomic E-state index is 0.326. The molecule has 1 atom stereocenters. The van der Waals surface area contributed by atoms with Crippen molar-refractivity contribution in [3.8, 4) is 0 Å². The molecule has 0 radical (unpaired) electrons. The summed E-state index contributed by atoms with van der Waals surface area (Å²) < 4.78 is 6.60. The molecule has 0 saturated carbocycles. The van der Waals surface area contributed by atoms with Crippen LogP contribution in [0.25, 0.3) is 10.2 Å². The third-order valence-electron chi connectivity index (χ3n) is 5.05. The Morgan fingerprint density at radius 2 is 2.08 bits per heavy atom. The fraction of sp³-hybridized carbons (Fsp3) is 0.647. The molecule has 4 heterocycles. The van der Waals surface area contributed by atoms with Crippen LogP contribution in [0.4, 0.5) is 5.82 Å². The first-order valence-corrected chi connectivity index (χ1v) is 9.97. The second-order valence-electron chi connectivity index (χ2n) is 6.98.